The van der Waals surface area contributed by atoms with Crippen molar-refractivity contribution >= 4 is 58.4 Å². The minimum Gasteiger partial charge on any atom is -0.495 e. The maximum Gasteiger partial charge on any atom is 0.330 e. The number of benzene rings is 2. The molecule has 1 heterocycles. The summed E-state index contributed by atoms with van der Waals surface area (Å²) < 4.78 is 9.79. The summed E-state index contributed by atoms with van der Waals surface area (Å²) in [4.78, 5) is 54.0. The third-order valence-electron chi connectivity index (χ3n) is 5.26. The van der Waals surface area contributed by atoms with E-state index in [1.165, 1.54) is 12.1 Å². The van der Waals surface area contributed by atoms with Gasteiger partial charge < -0.3 is 30.7 Å². The van der Waals surface area contributed by atoms with Crippen LogP contribution in [0.1, 0.15) is 20.7 Å². The third-order valence-corrected chi connectivity index (χ3v) is 5.89. The number of anilines is 2. The highest BCUT2D eigenvalue weighted by molar-refractivity contribution is 6.39. The number of methoxy groups -OCH3 is 2. The van der Waals surface area contributed by atoms with Crippen LogP contribution in [-0.2, 0) is 14.3 Å². The van der Waals surface area contributed by atoms with Crippen molar-refractivity contribution in [2.75, 3.05) is 32.6 Å². The molecule has 0 bridgehead atoms. The Morgan fingerprint density at radius 2 is 1.64 bits per heavy atom. The first-order valence-corrected chi connectivity index (χ1v) is 12.2. The highest BCUT2D eigenvalue weighted by atomic mass is 35.5. The molecule has 39 heavy (non-hydrogen) atoms. The molecule has 0 saturated carbocycles. The predicted octanol–water partition coefficient (Wildman–Crippen LogP) is 2.96. The number of esters is 1. The molecule has 0 aliphatic carbocycles. The average molecular weight is 574 g/mol. The van der Waals surface area contributed by atoms with Crippen LogP contribution in [0.15, 0.2) is 60.8 Å². The van der Waals surface area contributed by atoms with E-state index < -0.39 is 29.7 Å². The van der Waals surface area contributed by atoms with Crippen molar-refractivity contribution in [1.29, 1.82) is 0 Å². The van der Waals surface area contributed by atoms with Crippen molar-refractivity contribution in [3.05, 3.63) is 82.0 Å². The van der Waals surface area contributed by atoms with E-state index in [9.17, 15) is 19.2 Å². The molecule has 3 aromatic rings. The lowest BCUT2D eigenvalue weighted by molar-refractivity contribution is -0.142. The van der Waals surface area contributed by atoms with Crippen LogP contribution in [0.4, 0.5) is 11.5 Å². The zero-order valence-corrected chi connectivity index (χ0v) is 22.4. The largest absolute Gasteiger partial charge is 0.495 e. The molecule has 204 valence electrons. The normalized spacial score (nSPS) is 11.1. The number of nitrogens with one attached hydrogen (secondary N) is 4. The lowest BCUT2D eigenvalue weighted by Crippen LogP contribution is -2.50. The van der Waals surface area contributed by atoms with E-state index in [0.29, 0.717) is 22.8 Å². The van der Waals surface area contributed by atoms with Gasteiger partial charge in [0.15, 0.2) is 0 Å². The number of hydrogen-bond acceptors (Lipinski definition) is 8. The molecule has 4 N–H and O–H groups in total. The van der Waals surface area contributed by atoms with Gasteiger partial charge in [0, 0.05) is 17.8 Å². The van der Waals surface area contributed by atoms with Crippen LogP contribution < -0.4 is 26.0 Å². The summed E-state index contributed by atoms with van der Waals surface area (Å²) in [5.41, 5.74) is 0.894. The minimum atomic E-state index is -1.23. The number of rotatable bonds is 11. The van der Waals surface area contributed by atoms with Crippen LogP contribution in [0.25, 0.3) is 0 Å². The van der Waals surface area contributed by atoms with Crippen molar-refractivity contribution in [2.45, 2.75) is 6.04 Å². The molecule has 11 nitrogen and oxygen atoms in total. The summed E-state index contributed by atoms with van der Waals surface area (Å²) in [6.07, 6.45) is 1.56. The summed E-state index contributed by atoms with van der Waals surface area (Å²) in [5.74, 6) is -1.45. The van der Waals surface area contributed by atoms with Crippen molar-refractivity contribution in [3.63, 3.8) is 0 Å². The number of aromatic nitrogens is 1. The van der Waals surface area contributed by atoms with E-state index in [1.807, 2.05) is 0 Å². The number of pyridine rings is 1. The zero-order chi connectivity index (χ0) is 28.4. The lowest BCUT2D eigenvalue weighted by atomic mass is 10.2. The van der Waals surface area contributed by atoms with E-state index >= 15 is 0 Å². The molecule has 1 aromatic heterocycles. The second-order valence-electron chi connectivity index (χ2n) is 7.92. The molecule has 1 atom stereocenters. The van der Waals surface area contributed by atoms with Gasteiger partial charge in [-0.2, -0.15) is 0 Å². The Morgan fingerprint density at radius 1 is 0.923 bits per heavy atom. The second-order valence-corrected chi connectivity index (χ2v) is 8.74. The standard InChI is InChI=1S/C26H25Cl2N5O6/c1-38-17-9-10-21(29-12-17)32-16-6-3-5-15(11-16)24(35)31-14-22(34)30-13-20(26(37)39-2)33-25(36)23-18(27)7-4-8-19(23)28/h3-12,20H,13-14H2,1-2H3,(H,29,32)(H,30,34)(H,31,35)(H,33,36)/t20-/m0/s1. The van der Waals surface area contributed by atoms with E-state index in [-0.39, 0.29) is 28.7 Å². The van der Waals surface area contributed by atoms with Crippen molar-refractivity contribution in [2.24, 2.45) is 0 Å². The molecule has 0 spiro atoms. The number of carbonyl (C=O) groups excluding carboxylic acids is 4. The Labute approximate surface area is 234 Å². The molecule has 3 rings (SSSR count). The van der Waals surface area contributed by atoms with Crippen molar-refractivity contribution in [1.82, 2.24) is 20.9 Å². The maximum atomic E-state index is 12.6. The fourth-order valence-electron chi connectivity index (χ4n) is 3.28. The Bertz CT molecular complexity index is 1330. The van der Waals surface area contributed by atoms with Crippen molar-refractivity contribution < 1.29 is 28.7 Å². The molecule has 3 amide bonds. The number of carbonyl (C=O) groups is 4. The van der Waals surface area contributed by atoms with Gasteiger partial charge >= 0.3 is 5.97 Å². The topological polar surface area (TPSA) is 148 Å². The van der Waals surface area contributed by atoms with Crippen LogP contribution in [0.5, 0.6) is 5.75 Å². The molecule has 0 radical (unpaired) electrons. The number of halogens is 2. The van der Waals surface area contributed by atoms with Gasteiger partial charge in [0.25, 0.3) is 11.8 Å². The number of ether oxygens (including phenoxy) is 2. The van der Waals surface area contributed by atoms with Crippen LogP contribution in [-0.4, -0.2) is 62.0 Å². The van der Waals surface area contributed by atoms with Gasteiger partial charge in [-0.25, -0.2) is 9.78 Å². The Balaban J connectivity index is 1.53. The van der Waals surface area contributed by atoms with Crippen LogP contribution >= 0.6 is 23.2 Å². The second kappa shape index (κ2) is 14.0. The van der Waals surface area contributed by atoms with Gasteiger partial charge in [-0.15, -0.1) is 0 Å². The van der Waals surface area contributed by atoms with Gasteiger partial charge in [0.1, 0.15) is 17.6 Å². The highest BCUT2D eigenvalue weighted by Crippen LogP contribution is 2.24. The number of hydrogen-bond donors (Lipinski definition) is 4. The fraction of sp³-hybridized carbons (Fsp3) is 0.192. The first kappa shape index (κ1) is 29.2. The molecule has 13 heteroatoms. The maximum absolute atomic E-state index is 12.6. The van der Waals surface area contributed by atoms with Crippen LogP contribution in [0, 0.1) is 0 Å². The van der Waals surface area contributed by atoms with E-state index in [4.69, 9.17) is 32.7 Å². The lowest BCUT2D eigenvalue weighted by Gasteiger charge is -2.18. The highest BCUT2D eigenvalue weighted by Gasteiger charge is 2.25. The van der Waals surface area contributed by atoms with Crippen molar-refractivity contribution in [3.8, 4) is 5.75 Å². The molecule has 0 unspecified atom stereocenters. The first-order chi connectivity index (χ1) is 18.7. The Morgan fingerprint density at radius 3 is 2.28 bits per heavy atom. The summed E-state index contributed by atoms with van der Waals surface area (Å²) in [7, 11) is 2.68. The smallest absolute Gasteiger partial charge is 0.330 e. The van der Waals surface area contributed by atoms with Crippen LogP contribution in [0.2, 0.25) is 10.0 Å². The summed E-state index contributed by atoms with van der Waals surface area (Å²) >= 11 is 12.1. The van der Waals surface area contributed by atoms with Crippen LogP contribution in [0.3, 0.4) is 0 Å². The van der Waals surface area contributed by atoms with Gasteiger partial charge in [-0.3, -0.25) is 14.4 Å². The SMILES string of the molecule is COC(=O)[C@H](CNC(=O)CNC(=O)c1cccc(Nc2ccc(OC)cn2)c1)NC(=O)c1c(Cl)cccc1Cl. The molecule has 2 aromatic carbocycles. The monoisotopic (exact) mass is 573 g/mol. The summed E-state index contributed by atoms with van der Waals surface area (Å²) in [6, 6.07) is 13.4. The molecule has 0 aliphatic heterocycles. The molecule has 0 aliphatic rings. The van der Waals surface area contributed by atoms with E-state index in [2.05, 4.69) is 26.3 Å². The summed E-state index contributed by atoms with van der Waals surface area (Å²) in [6.45, 7) is -0.682. The fourth-order valence-corrected chi connectivity index (χ4v) is 3.85. The average Bonchev–Trinajstić information content (AvgIpc) is 2.94. The van der Waals surface area contributed by atoms with E-state index in [0.717, 1.165) is 7.11 Å². The quantitative estimate of drug-likeness (QED) is 0.256. The number of nitrogens with zero attached hydrogens (tertiary/aromatic N) is 1. The third kappa shape index (κ3) is 8.32. The predicted molar refractivity (Wildman–Crippen MR) is 146 cm³/mol. The van der Waals surface area contributed by atoms with Gasteiger partial charge in [0.05, 0.1) is 42.6 Å². The van der Waals surface area contributed by atoms with Gasteiger partial charge in [-0.1, -0.05) is 35.3 Å². The zero-order valence-electron chi connectivity index (χ0n) is 20.9. The molecule has 0 fully saturated rings. The van der Waals surface area contributed by atoms with Gasteiger partial charge in [-0.05, 0) is 42.5 Å². The molecule has 0 saturated heterocycles. The van der Waals surface area contributed by atoms with E-state index in [1.54, 1.807) is 55.8 Å². The minimum absolute atomic E-state index is 0.0205. The number of amides is 3. The molecular formula is C26H25Cl2N5O6. The summed E-state index contributed by atoms with van der Waals surface area (Å²) in [5, 5.41) is 10.7. The molecular weight excluding hydrogens is 549 g/mol. The van der Waals surface area contributed by atoms with Gasteiger partial charge in [0.2, 0.25) is 5.91 Å². The first-order valence-electron chi connectivity index (χ1n) is 11.5. The Hall–Kier alpha value is -4.35. The Kier molecular flexibility index (Phi) is 10.5.